The molecule has 1 fully saturated rings. The van der Waals surface area contributed by atoms with E-state index in [1.807, 2.05) is 0 Å². The average molecular weight is 376 g/mol. The summed E-state index contributed by atoms with van der Waals surface area (Å²) in [5.41, 5.74) is 0.347. The van der Waals surface area contributed by atoms with Crippen LogP contribution in [0.1, 0.15) is 36.5 Å². The van der Waals surface area contributed by atoms with Gasteiger partial charge in [0.25, 0.3) is 5.91 Å². The first-order valence-corrected chi connectivity index (χ1v) is 8.87. The van der Waals surface area contributed by atoms with Crippen molar-refractivity contribution in [2.45, 2.75) is 32.2 Å². The van der Waals surface area contributed by atoms with Gasteiger partial charge in [0.2, 0.25) is 5.78 Å². The molecule has 0 unspecified atom stereocenters. The van der Waals surface area contributed by atoms with Crippen LogP contribution in [0, 0.1) is 0 Å². The summed E-state index contributed by atoms with van der Waals surface area (Å²) in [6, 6.07) is 6.14. The summed E-state index contributed by atoms with van der Waals surface area (Å²) < 4.78 is 9.95. The molecule has 2 amide bonds. The first-order valence-electron chi connectivity index (χ1n) is 8.87. The van der Waals surface area contributed by atoms with Gasteiger partial charge in [0, 0.05) is 24.7 Å². The van der Waals surface area contributed by atoms with Crippen molar-refractivity contribution in [2.75, 3.05) is 26.8 Å². The van der Waals surface area contributed by atoms with Crippen LogP contribution < -0.4 is 10.1 Å². The Kier molecular flexibility index (Phi) is 7.34. The molecule has 0 atom stereocenters. The molecule has 0 spiro atoms. The number of nitrogens with one attached hydrogen (secondary N) is 1. The number of amides is 2. The summed E-state index contributed by atoms with van der Waals surface area (Å²) >= 11 is 0. The van der Waals surface area contributed by atoms with Gasteiger partial charge in [-0.1, -0.05) is 0 Å². The maximum absolute atomic E-state index is 12.1. The molecule has 27 heavy (non-hydrogen) atoms. The van der Waals surface area contributed by atoms with Crippen molar-refractivity contribution >= 4 is 23.6 Å². The zero-order valence-corrected chi connectivity index (χ0v) is 15.5. The van der Waals surface area contributed by atoms with Crippen molar-refractivity contribution < 1.29 is 28.7 Å². The fourth-order valence-electron chi connectivity index (χ4n) is 2.79. The van der Waals surface area contributed by atoms with E-state index >= 15 is 0 Å². The van der Waals surface area contributed by atoms with Crippen molar-refractivity contribution in [1.82, 2.24) is 10.2 Å². The van der Waals surface area contributed by atoms with Gasteiger partial charge < -0.3 is 19.7 Å². The molecule has 146 valence electrons. The molecule has 0 radical (unpaired) electrons. The number of ether oxygens (including phenoxy) is 2. The SMILES string of the molecule is CCOC(=O)N1CCC(NC(=O)C(=O)CC(=O)c2ccc(OC)cc2)CC1. The Morgan fingerprint density at radius 1 is 1.11 bits per heavy atom. The zero-order valence-electron chi connectivity index (χ0n) is 15.5. The summed E-state index contributed by atoms with van der Waals surface area (Å²) in [7, 11) is 1.52. The van der Waals surface area contributed by atoms with E-state index in [1.54, 1.807) is 36.1 Å². The average Bonchev–Trinajstić information content (AvgIpc) is 2.68. The molecule has 2 rings (SSSR count). The van der Waals surface area contributed by atoms with Crippen LogP contribution in [0.4, 0.5) is 4.79 Å². The smallest absolute Gasteiger partial charge is 0.409 e. The van der Waals surface area contributed by atoms with Crippen molar-refractivity contribution in [1.29, 1.82) is 0 Å². The van der Waals surface area contributed by atoms with Crippen LogP contribution in [0.5, 0.6) is 5.75 Å². The Labute approximate surface area is 157 Å². The first kappa shape index (κ1) is 20.4. The lowest BCUT2D eigenvalue weighted by molar-refractivity contribution is -0.138. The maximum Gasteiger partial charge on any atom is 0.409 e. The summed E-state index contributed by atoms with van der Waals surface area (Å²) in [6.07, 6.45) is 0.206. The van der Waals surface area contributed by atoms with Gasteiger partial charge >= 0.3 is 6.09 Å². The number of likely N-dealkylation sites (tertiary alicyclic amines) is 1. The number of Topliss-reactive ketones (excluding diaryl/α,β-unsaturated/α-hetero) is 2. The summed E-state index contributed by atoms with van der Waals surface area (Å²) in [4.78, 5) is 49.4. The van der Waals surface area contributed by atoms with Gasteiger partial charge in [0.05, 0.1) is 20.1 Å². The number of nitrogens with zero attached hydrogens (tertiary/aromatic N) is 1. The Balaban J connectivity index is 1.79. The van der Waals surface area contributed by atoms with Crippen LogP contribution in [0.3, 0.4) is 0 Å². The van der Waals surface area contributed by atoms with Gasteiger partial charge in [0.15, 0.2) is 5.78 Å². The van der Waals surface area contributed by atoms with E-state index < -0.39 is 23.9 Å². The number of benzene rings is 1. The van der Waals surface area contributed by atoms with E-state index in [2.05, 4.69) is 5.32 Å². The highest BCUT2D eigenvalue weighted by atomic mass is 16.6. The zero-order chi connectivity index (χ0) is 19.8. The Hall–Kier alpha value is -2.90. The highest BCUT2D eigenvalue weighted by molar-refractivity contribution is 6.40. The molecular formula is C19H24N2O6. The van der Waals surface area contributed by atoms with Crippen LogP contribution in [-0.4, -0.2) is 61.3 Å². The lowest BCUT2D eigenvalue weighted by atomic mass is 10.0. The third-order valence-corrected chi connectivity index (χ3v) is 4.34. The predicted octanol–water partition coefficient (Wildman–Crippen LogP) is 1.57. The van der Waals surface area contributed by atoms with E-state index in [0.29, 0.717) is 43.9 Å². The number of rotatable bonds is 7. The molecule has 1 N–H and O–H groups in total. The minimum absolute atomic E-state index is 0.205. The maximum atomic E-state index is 12.1. The van der Waals surface area contributed by atoms with Crippen molar-refractivity contribution in [2.24, 2.45) is 0 Å². The Morgan fingerprint density at radius 2 is 1.74 bits per heavy atom. The van der Waals surface area contributed by atoms with E-state index in [-0.39, 0.29) is 12.1 Å². The minimum Gasteiger partial charge on any atom is -0.497 e. The van der Waals surface area contributed by atoms with Crippen LogP contribution >= 0.6 is 0 Å². The number of methoxy groups -OCH3 is 1. The molecule has 0 aromatic heterocycles. The monoisotopic (exact) mass is 376 g/mol. The molecule has 1 aliphatic rings. The first-order chi connectivity index (χ1) is 12.9. The normalized spacial score (nSPS) is 14.4. The molecule has 8 nitrogen and oxygen atoms in total. The molecule has 0 bridgehead atoms. The van der Waals surface area contributed by atoms with E-state index in [1.165, 1.54) is 7.11 Å². The molecular weight excluding hydrogens is 352 g/mol. The standard InChI is InChI=1S/C19H24N2O6/c1-3-27-19(25)21-10-8-14(9-11-21)20-18(24)17(23)12-16(22)13-4-6-15(26-2)7-5-13/h4-7,14H,3,8-12H2,1-2H3,(H,20,24). The molecule has 1 aliphatic heterocycles. The summed E-state index contributed by atoms with van der Waals surface area (Å²) in [5.74, 6) is -1.37. The molecule has 0 aliphatic carbocycles. The number of carbonyl (C=O) groups is 4. The van der Waals surface area contributed by atoms with E-state index in [4.69, 9.17) is 9.47 Å². The third-order valence-electron chi connectivity index (χ3n) is 4.34. The second kappa shape index (κ2) is 9.70. The lowest BCUT2D eigenvalue weighted by Gasteiger charge is -2.31. The van der Waals surface area contributed by atoms with E-state index in [0.717, 1.165) is 0 Å². The van der Waals surface area contributed by atoms with Crippen LogP contribution in [-0.2, 0) is 14.3 Å². The van der Waals surface area contributed by atoms with Crippen molar-refractivity contribution in [3.05, 3.63) is 29.8 Å². The number of carbonyl (C=O) groups excluding carboxylic acids is 4. The molecule has 1 heterocycles. The highest BCUT2D eigenvalue weighted by Gasteiger charge is 2.27. The van der Waals surface area contributed by atoms with Crippen LogP contribution in [0.15, 0.2) is 24.3 Å². The molecule has 8 heteroatoms. The molecule has 1 aromatic rings. The second-order valence-corrected chi connectivity index (χ2v) is 6.19. The Morgan fingerprint density at radius 3 is 2.30 bits per heavy atom. The number of piperidine rings is 1. The number of hydrogen-bond donors (Lipinski definition) is 1. The minimum atomic E-state index is -0.774. The molecule has 1 saturated heterocycles. The topological polar surface area (TPSA) is 102 Å². The summed E-state index contributed by atoms with van der Waals surface area (Å²) in [5, 5.41) is 2.65. The van der Waals surface area contributed by atoms with E-state index in [9.17, 15) is 19.2 Å². The van der Waals surface area contributed by atoms with Gasteiger partial charge in [-0.15, -0.1) is 0 Å². The summed E-state index contributed by atoms with van der Waals surface area (Å²) in [6.45, 7) is 2.95. The van der Waals surface area contributed by atoms with Crippen molar-refractivity contribution in [3.8, 4) is 5.75 Å². The van der Waals surface area contributed by atoms with Gasteiger partial charge in [-0.25, -0.2) is 4.79 Å². The molecule has 0 saturated carbocycles. The predicted molar refractivity (Wildman–Crippen MR) is 96.7 cm³/mol. The van der Waals surface area contributed by atoms with Crippen molar-refractivity contribution in [3.63, 3.8) is 0 Å². The Bertz CT molecular complexity index is 693. The largest absolute Gasteiger partial charge is 0.497 e. The number of ketones is 2. The third kappa shape index (κ3) is 5.80. The lowest BCUT2D eigenvalue weighted by Crippen LogP contribution is -2.48. The molecule has 1 aromatic carbocycles. The quantitative estimate of drug-likeness (QED) is 0.440. The van der Waals surface area contributed by atoms with Gasteiger partial charge in [-0.2, -0.15) is 0 Å². The highest BCUT2D eigenvalue weighted by Crippen LogP contribution is 2.14. The fraction of sp³-hybridized carbons (Fsp3) is 0.474. The van der Waals surface area contributed by atoms with Crippen LogP contribution in [0.25, 0.3) is 0 Å². The van der Waals surface area contributed by atoms with Gasteiger partial charge in [-0.05, 0) is 44.0 Å². The van der Waals surface area contributed by atoms with Gasteiger partial charge in [-0.3, -0.25) is 14.4 Å². The number of hydrogen-bond acceptors (Lipinski definition) is 6. The van der Waals surface area contributed by atoms with Gasteiger partial charge in [0.1, 0.15) is 5.75 Å². The fourth-order valence-corrected chi connectivity index (χ4v) is 2.79. The second-order valence-electron chi connectivity index (χ2n) is 6.19. The van der Waals surface area contributed by atoms with Crippen LogP contribution in [0.2, 0.25) is 0 Å².